The van der Waals surface area contributed by atoms with Gasteiger partial charge in [-0.2, -0.15) is 0 Å². The monoisotopic (exact) mass is 353 g/mol. The Kier molecular flexibility index (Phi) is 14.0. The molecule has 2 N–H and O–H groups in total. The first kappa shape index (κ1) is 25.0. The van der Waals surface area contributed by atoms with Crippen LogP contribution in [0.15, 0.2) is 0 Å². The van der Waals surface area contributed by atoms with Crippen molar-refractivity contribution in [3.63, 3.8) is 0 Å². The molecular formula is C24H51N. The van der Waals surface area contributed by atoms with Gasteiger partial charge in [-0.15, -0.1) is 0 Å². The molecular weight excluding hydrogens is 302 g/mol. The van der Waals surface area contributed by atoms with Crippen LogP contribution in [0.2, 0.25) is 0 Å². The Morgan fingerprint density at radius 1 is 0.640 bits per heavy atom. The molecule has 0 aromatic carbocycles. The molecule has 152 valence electrons. The quantitative estimate of drug-likeness (QED) is 0.262. The molecule has 0 aliphatic rings. The Hall–Kier alpha value is -0.0400. The molecule has 0 bridgehead atoms. The van der Waals surface area contributed by atoms with Crippen LogP contribution in [-0.4, -0.2) is 6.54 Å². The molecule has 0 saturated heterocycles. The molecule has 0 aromatic heterocycles. The van der Waals surface area contributed by atoms with Crippen molar-refractivity contribution in [2.45, 2.75) is 131 Å². The zero-order valence-electron chi connectivity index (χ0n) is 18.8. The van der Waals surface area contributed by atoms with Gasteiger partial charge in [0.2, 0.25) is 0 Å². The zero-order valence-corrected chi connectivity index (χ0v) is 18.8. The third kappa shape index (κ3) is 12.9. The van der Waals surface area contributed by atoms with E-state index in [1.165, 1.54) is 89.9 Å². The predicted molar refractivity (Wildman–Crippen MR) is 116 cm³/mol. The Morgan fingerprint density at radius 3 is 1.44 bits per heavy atom. The Morgan fingerprint density at radius 2 is 1.04 bits per heavy atom. The second kappa shape index (κ2) is 14.1. The highest BCUT2D eigenvalue weighted by Crippen LogP contribution is 2.43. The van der Waals surface area contributed by atoms with E-state index >= 15 is 0 Å². The molecule has 0 aliphatic heterocycles. The molecule has 0 spiro atoms. The average molecular weight is 354 g/mol. The first-order valence-corrected chi connectivity index (χ1v) is 11.5. The summed E-state index contributed by atoms with van der Waals surface area (Å²) in [5.41, 5.74) is 6.72. The largest absolute Gasteiger partial charge is 0.330 e. The summed E-state index contributed by atoms with van der Waals surface area (Å²) in [5.74, 6) is 0.867. The third-order valence-corrected chi connectivity index (χ3v) is 6.15. The maximum atomic E-state index is 6.04. The van der Waals surface area contributed by atoms with Gasteiger partial charge in [-0.05, 0) is 42.6 Å². The van der Waals surface area contributed by atoms with Gasteiger partial charge in [0.05, 0.1) is 0 Å². The van der Waals surface area contributed by atoms with Gasteiger partial charge in [-0.1, -0.05) is 112 Å². The highest BCUT2D eigenvalue weighted by molar-refractivity contribution is 4.85. The fraction of sp³-hybridized carbons (Fsp3) is 1.00. The molecule has 1 heteroatoms. The summed E-state index contributed by atoms with van der Waals surface area (Å²) in [6.07, 6.45) is 19.6. The highest BCUT2D eigenvalue weighted by Gasteiger charge is 2.34. The van der Waals surface area contributed by atoms with Gasteiger partial charge in [0.1, 0.15) is 0 Å². The Bertz CT molecular complexity index is 292. The van der Waals surface area contributed by atoms with Crippen LogP contribution >= 0.6 is 0 Å². The summed E-state index contributed by atoms with van der Waals surface area (Å²) in [4.78, 5) is 0. The van der Waals surface area contributed by atoms with E-state index < -0.39 is 0 Å². The summed E-state index contributed by atoms with van der Waals surface area (Å²) in [5, 5.41) is 0. The van der Waals surface area contributed by atoms with Crippen molar-refractivity contribution in [2.75, 3.05) is 6.54 Å². The van der Waals surface area contributed by atoms with E-state index in [1.54, 1.807) is 0 Å². The van der Waals surface area contributed by atoms with Crippen LogP contribution in [-0.2, 0) is 0 Å². The minimum absolute atomic E-state index is 0.269. The van der Waals surface area contributed by atoms with Crippen LogP contribution < -0.4 is 5.73 Å². The van der Waals surface area contributed by atoms with Crippen molar-refractivity contribution >= 4 is 0 Å². The van der Waals surface area contributed by atoms with E-state index in [4.69, 9.17) is 5.73 Å². The molecule has 1 unspecified atom stereocenters. The van der Waals surface area contributed by atoms with Crippen LogP contribution in [0.25, 0.3) is 0 Å². The van der Waals surface area contributed by atoms with Crippen molar-refractivity contribution < 1.29 is 0 Å². The second-order valence-electron chi connectivity index (χ2n) is 9.99. The van der Waals surface area contributed by atoms with Crippen LogP contribution in [0, 0.1) is 16.7 Å². The first-order chi connectivity index (χ1) is 11.8. The average Bonchev–Trinajstić information content (AvgIpc) is 2.54. The van der Waals surface area contributed by atoms with Crippen LogP contribution in [0.1, 0.15) is 131 Å². The summed E-state index contributed by atoms with van der Waals surface area (Å²) in [6, 6.07) is 0. The van der Waals surface area contributed by atoms with E-state index in [9.17, 15) is 0 Å². The standard InChI is InChI=1S/C24H51N/c1-7-9-11-13-15-17-19-22(18-16-14-12-10-8-2)24(5,6)20-23(3,4)21-25/h22H,7-21,25H2,1-6H3. The number of nitrogens with two attached hydrogens (primary N) is 1. The number of unbranched alkanes of at least 4 members (excludes halogenated alkanes) is 9. The predicted octanol–water partition coefficient (Wildman–Crippen LogP) is 8.11. The van der Waals surface area contributed by atoms with Gasteiger partial charge in [-0.3, -0.25) is 0 Å². The fourth-order valence-electron chi connectivity index (χ4n) is 4.54. The lowest BCUT2D eigenvalue weighted by molar-refractivity contribution is 0.106. The molecule has 0 aromatic rings. The molecule has 25 heavy (non-hydrogen) atoms. The van der Waals surface area contributed by atoms with Crippen LogP contribution in [0.4, 0.5) is 0 Å². The fourth-order valence-corrected chi connectivity index (χ4v) is 4.54. The molecule has 0 rings (SSSR count). The van der Waals surface area contributed by atoms with Gasteiger partial charge >= 0.3 is 0 Å². The zero-order chi connectivity index (χ0) is 19.2. The highest BCUT2D eigenvalue weighted by atomic mass is 14.6. The molecule has 0 radical (unpaired) electrons. The minimum atomic E-state index is 0.269. The topological polar surface area (TPSA) is 26.0 Å². The van der Waals surface area contributed by atoms with Crippen molar-refractivity contribution in [1.82, 2.24) is 0 Å². The van der Waals surface area contributed by atoms with E-state index in [0.717, 1.165) is 12.5 Å². The molecule has 0 aliphatic carbocycles. The number of hydrogen-bond donors (Lipinski definition) is 1. The van der Waals surface area contributed by atoms with Gasteiger partial charge < -0.3 is 5.73 Å². The smallest absolute Gasteiger partial charge is 0.00256 e. The summed E-state index contributed by atoms with van der Waals surface area (Å²) >= 11 is 0. The first-order valence-electron chi connectivity index (χ1n) is 11.5. The lowest BCUT2D eigenvalue weighted by Gasteiger charge is -2.40. The van der Waals surface area contributed by atoms with Gasteiger partial charge in [0.15, 0.2) is 0 Å². The molecule has 1 nitrogen and oxygen atoms in total. The van der Waals surface area contributed by atoms with Crippen LogP contribution in [0.5, 0.6) is 0 Å². The van der Waals surface area contributed by atoms with E-state index in [1.807, 2.05) is 0 Å². The van der Waals surface area contributed by atoms with Crippen molar-refractivity contribution in [3.05, 3.63) is 0 Å². The second-order valence-corrected chi connectivity index (χ2v) is 9.99. The summed E-state index contributed by atoms with van der Waals surface area (Å²) in [7, 11) is 0. The van der Waals surface area contributed by atoms with E-state index in [2.05, 4.69) is 41.5 Å². The lowest BCUT2D eigenvalue weighted by Crippen LogP contribution is -2.34. The molecule has 0 heterocycles. The Balaban J connectivity index is 4.48. The molecule has 0 fully saturated rings. The number of rotatable bonds is 17. The van der Waals surface area contributed by atoms with Gasteiger partial charge in [-0.25, -0.2) is 0 Å². The van der Waals surface area contributed by atoms with Gasteiger partial charge in [0, 0.05) is 0 Å². The van der Waals surface area contributed by atoms with Crippen molar-refractivity contribution in [2.24, 2.45) is 22.5 Å². The van der Waals surface area contributed by atoms with Crippen LogP contribution in [0.3, 0.4) is 0 Å². The molecule has 0 amide bonds. The SMILES string of the molecule is CCCCCCCCC(CCCCCCC)C(C)(C)CC(C)(C)CN. The normalized spacial score (nSPS) is 14.0. The molecule has 1 atom stereocenters. The summed E-state index contributed by atoms with van der Waals surface area (Å²) in [6.45, 7) is 15.1. The number of hydrogen-bond acceptors (Lipinski definition) is 1. The maximum absolute atomic E-state index is 6.04. The van der Waals surface area contributed by atoms with Crippen molar-refractivity contribution in [3.8, 4) is 0 Å². The van der Waals surface area contributed by atoms with Crippen molar-refractivity contribution in [1.29, 1.82) is 0 Å². The lowest BCUT2D eigenvalue weighted by atomic mass is 9.65. The van der Waals surface area contributed by atoms with E-state index in [-0.39, 0.29) is 5.41 Å². The van der Waals surface area contributed by atoms with Gasteiger partial charge in [0.25, 0.3) is 0 Å². The van der Waals surface area contributed by atoms with E-state index in [0.29, 0.717) is 5.41 Å². The Labute approximate surface area is 160 Å². The molecule has 0 saturated carbocycles. The maximum Gasteiger partial charge on any atom is -0.00256 e. The third-order valence-electron chi connectivity index (χ3n) is 6.15. The minimum Gasteiger partial charge on any atom is -0.330 e. The summed E-state index contributed by atoms with van der Waals surface area (Å²) < 4.78 is 0.